The van der Waals surface area contributed by atoms with Crippen LogP contribution in [-0.2, 0) is 9.59 Å². The van der Waals surface area contributed by atoms with Gasteiger partial charge < -0.3 is 9.80 Å². The highest BCUT2D eigenvalue weighted by Crippen LogP contribution is 2.36. The Kier molecular flexibility index (Phi) is 5.80. The third kappa shape index (κ3) is 4.12. The van der Waals surface area contributed by atoms with Gasteiger partial charge in [0.1, 0.15) is 5.69 Å². The molecule has 3 heterocycles. The van der Waals surface area contributed by atoms with Crippen molar-refractivity contribution >= 4 is 28.9 Å². The number of piperidine rings is 3. The zero-order valence-corrected chi connectivity index (χ0v) is 16.7. The van der Waals surface area contributed by atoms with E-state index >= 15 is 0 Å². The number of carbonyl (C=O) groups is 2. The number of carbonyl (C=O) groups excluding carboxylic acids is 2. The Labute approximate surface area is 170 Å². The Balaban J connectivity index is 1.51. The highest BCUT2D eigenvalue weighted by Gasteiger charge is 2.32. The molecule has 0 spiro atoms. The predicted molar refractivity (Wildman–Crippen MR) is 110 cm³/mol. The van der Waals surface area contributed by atoms with Crippen LogP contribution >= 0.6 is 0 Å². The largest absolute Gasteiger partial charge is 0.366 e. The van der Waals surface area contributed by atoms with E-state index in [1.807, 2.05) is 0 Å². The number of rotatable bonds is 4. The molecule has 0 aliphatic carbocycles. The van der Waals surface area contributed by atoms with E-state index in [4.69, 9.17) is 0 Å². The summed E-state index contributed by atoms with van der Waals surface area (Å²) in [4.78, 5) is 41.5. The van der Waals surface area contributed by atoms with Crippen LogP contribution in [0.3, 0.4) is 0 Å². The summed E-state index contributed by atoms with van der Waals surface area (Å²) in [6.45, 7) is 3.89. The number of nitro groups is 1. The molecule has 0 atom stereocenters. The topological polar surface area (TPSA) is 87.0 Å². The van der Waals surface area contributed by atoms with E-state index in [9.17, 15) is 19.7 Å². The summed E-state index contributed by atoms with van der Waals surface area (Å²) in [7, 11) is 0. The van der Waals surface area contributed by atoms with Crippen molar-refractivity contribution in [2.45, 2.75) is 57.4 Å². The van der Waals surface area contributed by atoms with Crippen molar-refractivity contribution in [2.75, 3.05) is 36.0 Å². The van der Waals surface area contributed by atoms with Gasteiger partial charge in [-0.1, -0.05) is 6.42 Å². The van der Waals surface area contributed by atoms with Crippen LogP contribution in [0.2, 0.25) is 0 Å². The van der Waals surface area contributed by atoms with Gasteiger partial charge in [0.25, 0.3) is 5.69 Å². The second kappa shape index (κ2) is 8.49. The van der Waals surface area contributed by atoms with Crippen molar-refractivity contribution in [2.24, 2.45) is 0 Å². The molecule has 29 heavy (non-hydrogen) atoms. The van der Waals surface area contributed by atoms with Gasteiger partial charge in [-0.15, -0.1) is 0 Å². The van der Waals surface area contributed by atoms with Crippen molar-refractivity contribution in [3.05, 3.63) is 28.3 Å². The van der Waals surface area contributed by atoms with Gasteiger partial charge in [-0.2, -0.15) is 0 Å². The predicted octanol–water partition coefficient (Wildman–Crippen LogP) is 3.09. The SMILES string of the molecule is O=C1CCCC(=O)N1c1ccc(N2CCC(N3CCCCC3)CC2)c([N+](=O)[O-])c1. The molecule has 0 bridgehead atoms. The lowest BCUT2D eigenvalue weighted by Crippen LogP contribution is -2.46. The Bertz CT molecular complexity index is 782. The van der Waals surface area contributed by atoms with Crippen molar-refractivity contribution in [1.82, 2.24) is 4.90 Å². The normalized spacial score (nSPS) is 22.2. The number of anilines is 2. The van der Waals surface area contributed by atoms with E-state index in [0.29, 0.717) is 36.7 Å². The van der Waals surface area contributed by atoms with Crippen LogP contribution in [0.5, 0.6) is 0 Å². The average molecular weight is 400 g/mol. The second-order valence-electron chi connectivity index (χ2n) is 8.22. The number of benzene rings is 1. The summed E-state index contributed by atoms with van der Waals surface area (Å²) < 4.78 is 0. The van der Waals surface area contributed by atoms with Gasteiger partial charge in [0.2, 0.25) is 11.8 Å². The molecule has 0 radical (unpaired) electrons. The van der Waals surface area contributed by atoms with E-state index < -0.39 is 4.92 Å². The summed E-state index contributed by atoms with van der Waals surface area (Å²) in [5.41, 5.74) is 0.844. The summed E-state index contributed by atoms with van der Waals surface area (Å²) >= 11 is 0. The molecule has 3 fully saturated rings. The second-order valence-corrected chi connectivity index (χ2v) is 8.22. The molecular formula is C21H28N4O4. The number of amides is 2. The molecule has 3 aliphatic rings. The highest BCUT2D eigenvalue weighted by atomic mass is 16.6. The smallest absolute Gasteiger partial charge is 0.294 e. The molecule has 4 rings (SSSR count). The molecule has 8 heteroatoms. The highest BCUT2D eigenvalue weighted by molar-refractivity contribution is 6.16. The van der Waals surface area contributed by atoms with Crippen LogP contribution in [0, 0.1) is 10.1 Å². The van der Waals surface area contributed by atoms with Gasteiger partial charge in [-0.05, 0) is 57.3 Å². The number of likely N-dealkylation sites (tertiary alicyclic amines) is 1. The minimum absolute atomic E-state index is 0.0369. The van der Waals surface area contributed by atoms with Gasteiger partial charge in [0.15, 0.2) is 0 Å². The number of nitrogens with zero attached hydrogens (tertiary/aromatic N) is 4. The van der Waals surface area contributed by atoms with Crippen LogP contribution in [-0.4, -0.2) is 53.9 Å². The maximum atomic E-state index is 12.2. The maximum Gasteiger partial charge on any atom is 0.294 e. The zero-order chi connectivity index (χ0) is 20.4. The lowest BCUT2D eigenvalue weighted by molar-refractivity contribution is -0.384. The van der Waals surface area contributed by atoms with Crippen LogP contribution in [0.1, 0.15) is 51.4 Å². The van der Waals surface area contributed by atoms with E-state index in [0.717, 1.165) is 43.9 Å². The first-order valence-electron chi connectivity index (χ1n) is 10.7. The van der Waals surface area contributed by atoms with Crippen LogP contribution in [0.15, 0.2) is 18.2 Å². The fraction of sp³-hybridized carbons (Fsp3) is 0.619. The van der Waals surface area contributed by atoms with Crippen molar-refractivity contribution in [3.63, 3.8) is 0 Å². The summed E-state index contributed by atoms with van der Waals surface area (Å²) in [5.74, 6) is -0.573. The molecule has 8 nitrogen and oxygen atoms in total. The van der Waals surface area contributed by atoms with Crippen LogP contribution < -0.4 is 9.80 Å². The van der Waals surface area contributed by atoms with Crippen molar-refractivity contribution < 1.29 is 14.5 Å². The summed E-state index contributed by atoms with van der Waals surface area (Å²) in [5, 5.41) is 11.8. The molecule has 1 aromatic rings. The van der Waals surface area contributed by atoms with Gasteiger partial charge in [0, 0.05) is 38.0 Å². The number of imide groups is 1. The molecule has 0 unspecified atom stereocenters. The lowest BCUT2D eigenvalue weighted by atomic mass is 9.99. The molecule has 2 amide bonds. The molecular weight excluding hydrogens is 372 g/mol. The molecule has 3 aliphatic heterocycles. The standard InChI is InChI=1S/C21H28N4O4/c26-20-5-4-6-21(27)24(20)17-7-8-18(19(15-17)25(28)29)23-13-9-16(10-14-23)22-11-2-1-3-12-22/h7-8,15-16H,1-6,9-14H2. The number of nitro benzene ring substituents is 1. The van der Waals surface area contributed by atoms with E-state index in [2.05, 4.69) is 9.80 Å². The van der Waals surface area contributed by atoms with E-state index in [-0.39, 0.29) is 17.5 Å². The first-order valence-corrected chi connectivity index (χ1v) is 10.7. The van der Waals surface area contributed by atoms with Crippen LogP contribution in [0.25, 0.3) is 0 Å². The van der Waals surface area contributed by atoms with Gasteiger partial charge in [0.05, 0.1) is 10.6 Å². The fourth-order valence-corrected chi connectivity index (χ4v) is 4.86. The van der Waals surface area contributed by atoms with Gasteiger partial charge in [-0.25, -0.2) is 0 Å². The monoisotopic (exact) mass is 400 g/mol. The minimum Gasteiger partial charge on any atom is -0.366 e. The first kappa shape index (κ1) is 19.8. The number of hydrogen-bond acceptors (Lipinski definition) is 6. The third-order valence-electron chi connectivity index (χ3n) is 6.41. The molecule has 1 aromatic carbocycles. The van der Waals surface area contributed by atoms with Crippen molar-refractivity contribution in [3.8, 4) is 0 Å². The molecule has 156 valence electrons. The average Bonchev–Trinajstić information content (AvgIpc) is 2.74. The van der Waals surface area contributed by atoms with Gasteiger partial charge in [-0.3, -0.25) is 24.6 Å². The third-order valence-corrected chi connectivity index (χ3v) is 6.41. The fourth-order valence-electron chi connectivity index (χ4n) is 4.86. The van der Waals surface area contributed by atoms with E-state index in [1.54, 1.807) is 12.1 Å². The first-order chi connectivity index (χ1) is 14.0. The molecule has 0 aromatic heterocycles. The quantitative estimate of drug-likeness (QED) is 0.438. The molecule has 0 saturated carbocycles. The maximum absolute atomic E-state index is 12.2. The Morgan fingerprint density at radius 2 is 1.55 bits per heavy atom. The Hall–Kier alpha value is -2.48. The zero-order valence-electron chi connectivity index (χ0n) is 16.7. The number of hydrogen-bond donors (Lipinski definition) is 0. The van der Waals surface area contributed by atoms with E-state index in [1.165, 1.54) is 25.3 Å². The van der Waals surface area contributed by atoms with Crippen LogP contribution in [0.4, 0.5) is 17.1 Å². The van der Waals surface area contributed by atoms with Crippen molar-refractivity contribution in [1.29, 1.82) is 0 Å². The summed E-state index contributed by atoms with van der Waals surface area (Å²) in [6.07, 6.45) is 6.99. The Morgan fingerprint density at radius 1 is 0.897 bits per heavy atom. The Morgan fingerprint density at radius 3 is 2.17 bits per heavy atom. The molecule has 3 saturated heterocycles. The summed E-state index contributed by atoms with van der Waals surface area (Å²) in [6, 6.07) is 5.31. The molecule has 0 N–H and O–H groups in total. The van der Waals surface area contributed by atoms with Gasteiger partial charge >= 0.3 is 0 Å². The lowest BCUT2D eigenvalue weighted by Gasteiger charge is -2.40. The minimum atomic E-state index is -0.408.